The number of rotatable bonds is 2. The Hall–Kier alpha value is -1.55. The lowest BCUT2D eigenvalue weighted by molar-refractivity contribution is 0.213. The number of anilines is 1. The first-order valence-corrected chi connectivity index (χ1v) is 6.65. The van der Waals surface area contributed by atoms with Gasteiger partial charge in [0.05, 0.1) is 0 Å². The number of para-hydroxylation sites is 1. The van der Waals surface area contributed by atoms with Gasteiger partial charge in [0.15, 0.2) is 0 Å². The molecule has 0 saturated carbocycles. The van der Waals surface area contributed by atoms with E-state index in [9.17, 15) is 4.79 Å². The molecule has 1 heterocycles. The van der Waals surface area contributed by atoms with Crippen LogP contribution in [0.15, 0.2) is 24.3 Å². The van der Waals surface area contributed by atoms with Crippen LogP contribution in [0.1, 0.15) is 31.2 Å². The molecular formula is C14H21N3O. The number of benzene rings is 1. The zero-order valence-electron chi connectivity index (χ0n) is 10.7. The maximum Gasteiger partial charge on any atom is 0.321 e. The van der Waals surface area contributed by atoms with Gasteiger partial charge in [0.25, 0.3) is 0 Å². The normalized spacial score (nSPS) is 16.2. The summed E-state index contributed by atoms with van der Waals surface area (Å²) in [4.78, 5) is 14.1. The fourth-order valence-electron chi connectivity index (χ4n) is 2.29. The summed E-state index contributed by atoms with van der Waals surface area (Å²) in [5.74, 6) is 0. The Labute approximate surface area is 108 Å². The fourth-order valence-corrected chi connectivity index (χ4v) is 2.29. The van der Waals surface area contributed by atoms with E-state index in [-0.39, 0.29) is 6.03 Å². The first kappa shape index (κ1) is 12.9. The van der Waals surface area contributed by atoms with E-state index < -0.39 is 0 Å². The van der Waals surface area contributed by atoms with Crippen LogP contribution < -0.4 is 11.1 Å². The Morgan fingerprint density at radius 3 is 2.50 bits per heavy atom. The predicted molar refractivity (Wildman–Crippen MR) is 73.4 cm³/mol. The zero-order chi connectivity index (χ0) is 12.8. The molecule has 1 aliphatic rings. The number of nitrogens with two attached hydrogens (primary N) is 1. The van der Waals surface area contributed by atoms with Crippen LogP contribution in [-0.2, 0) is 6.54 Å². The number of nitrogens with one attached hydrogen (secondary N) is 1. The second-order valence-corrected chi connectivity index (χ2v) is 4.69. The van der Waals surface area contributed by atoms with E-state index in [0.717, 1.165) is 37.2 Å². The Balaban J connectivity index is 2.01. The molecule has 1 saturated heterocycles. The lowest BCUT2D eigenvalue weighted by Gasteiger charge is -2.21. The highest BCUT2D eigenvalue weighted by Crippen LogP contribution is 2.16. The average molecular weight is 247 g/mol. The number of nitrogens with zero attached hydrogens (tertiary/aromatic N) is 1. The largest absolute Gasteiger partial charge is 0.326 e. The molecule has 98 valence electrons. The first-order chi connectivity index (χ1) is 8.81. The molecule has 1 aromatic carbocycles. The highest BCUT2D eigenvalue weighted by molar-refractivity contribution is 5.90. The molecule has 1 aromatic rings. The third kappa shape index (κ3) is 3.23. The van der Waals surface area contributed by atoms with Gasteiger partial charge in [0.1, 0.15) is 0 Å². The molecule has 3 N–H and O–H groups in total. The second kappa shape index (κ2) is 6.40. The molecular weight excluding hydrogens is 226 g/mol. The third-order valence-corrected chi connectivity index (χ3v) is 3.37. The molecule has 0 radical (unpaired) electrons. The molecule has 2 amide bonds. The van der Waals surface area contributed by atoms with Gasteiger partial charge in [0.2, 0.25) is 0 Å². The van der Waals surface area contributed by atoms with Crippen LogP contribution in [0, 0.1) is 0 Å². The lowest BCUT2D eigenvalue weighted by Crippen LogP contribution is -2.35. The van der Waals surface area contributed by atoms with Crippen molar-refractivity contribution in [2.45, 2.75) is 32.2 Å². The van der Waals surface area contributed by atoms with E-state index in [1.165, 1.54) is 12.8 Å². The molecule has 1 aliphatic heterocycles. The number of carbonyl (C=O) groups is 1. The van der Waals surface area contributed by atoms with Gasteiger partial charge in [0, 0.05) is 25.3 Å². The minimum atomic E-state index is -0.00204. The molecule has 0 spiro atoms. The maximum atomic E-state index is 12.2. The predicted octanol–water partition coefficient (Wildman–Crippen LogP) is 2.55. The van der Waals surface area contributed by atoms with Crippen molar-refractivity contribution in [1.29, 1.82) is 0 Å². The first-order valence-electron chi connectivity index (χ1n) is 6.65. The van der Waals surface area contributed by atoms with E-state index >= 15 is 0 Å². The van der Waals surface area contributed by atoms with E-state index in [2.05, 4.69) is 5.32 Å². The monoisotopic (exact) mass is 247 g/mol. The summed E-state index contributed by atoms with van der Waals surface area (Å²) < 4.78 is 0. The van der Waals surface area contributed by atoms with Gasteiger partial charge in [-0.25, -0.2) is 4.79 Å². The maximum absolute atomic E-state index is 12.2. The van der Waals surface area contributed by atoms with Crippen LogP contribution in [0.5, 0.6) is 0 Å². The minimum absolute atomic E-state index is 0.00204. The topological polar surface area (TPSA) is 58.4 Å². The van der Waals surface area contributed by atoms with Gasteiger partial charge < -0.3 is 16.0 Å². The van der Waals surface area contributed by atoms with E-state index in [1.54, 1.807) is 0 Å². The number of likely N-dealkylation sites (tertiary alicyclic amines) is 1. The Morgan fingerprint density at radius 1 is 1.17 bits per heavy atom. The third-order valence-electron chi connectivity index (χ3n) is 3.37. The van der Waals surface area contributed by atoms with Crippen molar-refractivity contribution >= 4 is 11.7 Å². The van der Waals surface area contributed by atoms with Crippen LogP contribution in [-0.4, -0.2) is 24.0 Å². The molecule has 4 heteroatoms. The van der Waals surface area contributed by atoms with Crippen LogP contribution in [0.4, 0.5) is 10.5 Å². The Bertz CT molecular complexity index is 398. The average Bonchev–Trinajstić information content (AvgIpc) is 2.68. The minimum Gasteiger partial charge on any atom is -0.326 e. The van der Waals surface area contributed by atoms with Crippen molar-refractivity contribution in [1.82, 2.24) is 4.90 Å². The zero-order valence-corrected chi connectivity index (χ0v) is 10.7. The van der Waals surface area contributed by atoms with Gasteiger partial charge in [-0.2, -0.15) is 0 Å². The summed E-state index contributed by atoms with van der Waals surface area (Å²) >= 11 is 0. The molecule has 18 heavy (non-hydrogen) atoms. The van der Waals surface area contributed by atoms with Gasteiger partial charge in [-0.3, -0.25) is 0 Å². The van der Waals surface area contributed by atoms with Crippen molar-refractivity contribution in [2.75, 3.05) is 18.4 Å². The van der Waals surface area contributed by atoms with Crippen molar-refractivity contribution < 1.29 is 4.79 Å². The van der Waals surface area contributed by atoms with Crippen molar-refractivity contribution in [3.05, 3.63) is 29.8 Å². The molecule has 0 unspecified atom stereocenters. The van der Waals surface area contributed by atoms with Gasteiger partial charge in [-0.1, -0.05) is 31.0 Å². The summed E-state index contributed by atoms with van der Waals surface area (Å²) in [5.41, 5.74) is 7.47. The number of carbonyl (C=O) groups excluding carboxylic acids is 1. The summed E-state index contributed by atoms with van der Waals surface area (Å²) in [6.45, 7) is 2.16. The SMILES string of the molecule is NCc1ccccc1NC(=O)N1CCCCCC1. The Kier molecular flexibility index (Phi) is 4.59. The second-order valence-electron chi connectivity index (χ2n) is 4.69. The molecule has 1 fully saturated rings. The van der Waals surface area contributed by atoms with Crippen molar-refractivity contribution in [3.63, 3.8) is 0 Å². The molecule has 4 nitrogen and oxygen atoms in total. The van der Waals surface area contributed by atoms with E-state index in [0.29, 0.717) is 6.54 Å². The fraction of sp³-hybridized carbons (Fsp3) is 0.500. The highest BCUT2D eigenvalue weighted by atomic mass is 16.2. The summed E-state index contributed by atoms with van der Waals surface area (Å²) in [6.07, 6.45) is 4.66. The van der Waals surface area contributed by atoms with Gasteiger partial charge in [-0.05, 0) is 24.5 Å². The standard InChI is InChI=1S/C14H21N3O/c15-11-12-7-3-4-8-13(12)16-14(18)17-9-5-1-2-6-10-17/h3-4,7-8H,1-2,5-6,9-11,15H2,(H,16,18). The smallest absolute Gasteiger partial charge is 0.321 e. The molecule has 2 rings (SSSR count). The quantitative estimate of drug-likeness (QED) is 0.843. The highest BCUT2D eigenvalue weighted by Gasteiger charge is 2.16. The Morgan fingerprint density at radius 2 is 1.83 bits per heavy atom. The van der Waals surface area contributed by atoms with Crippen LogP contribution >= 0.6 is 0 Å². The number of urea groups is 1. The number of hydrogen-bond acceptors (Lipinski definition) is 2. The number of amides is 2. The molecule has 0 aromatic heterocycles. The molecule has 0 aliphatic carbocycles. The number of hydrogen-bond donors (Lipinski definition) is 2. The summed E-state index contributed by atoms with van der Waals surface area (Å²) in [5, 5.41) is 2.97. The van der Waals surface area contributed by atoms with E-state index in [4.69, 9.17) is 5.73 Å². The van der Waals surface area contributed by atoms with Crippen LogP contribution in [0.3, 0.4) is 0 Å². The summed E-state index contributed by atoms with van der Waals surface area (Å²) in [7, 11) is 0. The van der Waals surface area contributed by atoms with Crippen LogP contribution in [0.2, 0.25) is 0 Å². The molecule has 0 atom stereocenters. The summed E-state index contributed by atoms with van der Waals surface area (Å²) in [6, 6.07) is 7.69. The van der Waals surface area contributed by atoms with Crippen molar-refractivity contribution in [3.8, 4) is 0 Å². The van der Waals surface area contributed by atoms with Gasteiger partial charge >= 0.3 is 6.03 Å². The van der Waals surface area contributed by atoms with Crippen LogP contribution in [0.25, 0.3) is 0 Å². The van der Waals surface area contributed by atoms with E-state index in [1.807, 2.05) is 29.2 Å². The van der Waals surface area contributed by atoms with Crippen molar-refractivity contribution in [2.24, 2.45) is 5.73 Å². The molecule has 0 bridgehead atoms. The van der Waals surface area contributed by atoms with Gasteiger partial charge in [-0.15, -0.1) is 0 Å². The lowest BCUT2D eigenvalue weighted by atomic mass is 10.2.